The Balaban J connectivity index is 2.18. The summed E-state index contributed by atoms with van der Waals surface area (Å²) in [6.07, 6.45) is -0.406. The van der Waals surface area contributed by atoms with E-state index in [0.717, 1.165) is 30.1 Å². The number of halogens is 4. The highest BCUT2D eigenvalue weighted by Gasteiger charge is 2.34. The van der Waals surface area contributed by atoms with Gasteiger partial charge in [-0.15, -0.1) is 0 Å². The van der Waals surface area contributed by atoms with Crippen LogP contribution in [0, 0.1) is 0 Å². The summed E-state index contributed by atoms with van der Waals surface area (Å²) in [5.41, 5.74) is -0.119. The molecule has 1 nitrogen and oxygen atoms in total. The quantitative estimate of drug-likeness (QED) is 0.417. The molecule has 0 atom stereocenters. The van der Waals surface area contributed by atoms with Crippen LogP contribution in [-0.4, -0.2) is 22.8 Å². The zero-order chi connectivity index (χ0) is 11.4. The van der Waals surface area contributed by atoms with Crippen LogP contribution in [0.4, 0.5) is 13.2 Å². The fraction of sp³-hybridized carbons (Fsp3) is 1.00. The third-order valence-corrected chi connectivity index (χ3v) is 4.16. The molecule has 1 fully saturated rings. The summed E-state index contributed by atoms with van der Waals surface area (Å²) in [7, 11) is 0. The minimum atomic E-state index is -4.05. The molecular weight excluding hydrogens is 320 g/mol. The fourth-order valence-electron chi connectivity index (χ4n) is 1.90. The van der Waals surface area contributed by atoms with Crippen LogP contribution in [0.3, 0.4) is 0 Å². The Morgan fingerprint density at radius 3 is 2.27 bits per heavy atom. The summed E-state index contributed by atoms with van der Waals surface area (Å²) >= 11 is 2.26. The van der Waals surface area contributed by atoms with Gasteiger partial charge in [-0.1, -0.05) is 35.4 Å². The lowest BCUT2D eigenvalue weighted by Gasteiger charge is -2.27. The van der Waals surface area contributed by atoms with Crippen molar-refractivity contribution in [3.8, 4) is 0 Å². The second-order valence-electron chi connectivity index (χ2n) is 4.09. The van der Waals surface area contributed by atoms with E-state index in [1.165, 1.54) is 0 Å². The summed E-state index contributed by atoms with van der Waals surface area (Å²) in [4.78, 5) is 0. The van der Waals surface area contributed by atoms with Crippen LogP contribution in [0.15, 0.2) is 0 Å². The van der Waals surface area contributed by atoms with Crippen LogP contribution < -0.4 is 0 Å². The van der Waals surface area contributed by atoms with E-state index >= 15 is 0 Å². The lowest BCUT2D eigenvalue weighted by molar-refractivity contribution is -0.140. The summed E-state index contributed by atoms with van der Waals surface area (Å²) in [5, 5.41) is 0. The lowest BCUT2D eigenvalue weighted by Crippen LogP contribution is -2.31. The van der Waals surface area contributed by atoms with E-state index < -0.39 is 12.6 Å². The zero-order valence-electron chi connectivity index (χ0n) is 8.58. The molecule has 0 radical (unpaired) electrons. The molecular formula is C10H16F3IO. The van der Waals surface area contributed by atoms with Crippen molar-refractivity contribution >= 4 is 22.6 Å². The van der Waals surface area contributed by atoms with Gasteiger partial charge >= 0.3 is 6.18 Å². The molecule has 0 heterocycles. The molecule has 15 heavy (non-hydrogen) atoms. The van der Waals surface area contributed by atoms with Gasteiger partial charge in [-0.05, 0) is 19.3 Å². The van der Waals surface area contributed by atoms with E-state index in [4.69, 9.17) is 4.74 Å². The summed E-state index contributed by atoms with van der Waals surface area (Å²) in [6, 6.07) is 0. The molecule has 0 aromatic carbocycles. The minimum Gasteiger partial charge on any atom is -0.374 e. The van der Waals surface area contributed by atoms with Gasteiger partial charge in [0, 0.05) is 17.5 Å². The molecule has 0 aliphatic heterocycles. The number of hydrogen-bond donors (Lipinski definition) is 0. The molecule has 1 rings (SSSR count). The van der Waals surface area contributed by atoms with E-state index in [1.54, 1.807) is 0 Å². The van der Waals surface area contributed by atoms with Crippen LogP contribution in [0.1, 0.15) is 38.5 Å². The molecule has 5 heteroatoms. The van der Waals surface area contributed by atoms with Gasteiger partial charge in [0.25, 0.3) is 0 Å². The molecule has 90 valence electrons. The molecule has 1 aliphatic carbocycles. The molecule has 0 bridgehead atoms. The van der Waals surface area contributed by atoms with Crippen molar-refractivity contribution < 1.29 is 17.9 Å². The highest BCUT2D eigenvalue weighted by atomic mass is 127. The SMILES string of the molecule is FC(F)(F)CCCOC1(CI)CCCC1. The smallest absolute Gasteiger partial charge is 0.374 e. The van der Waals surface area contributed by atoms with E-state index in [-0.39, 0.29) is 18.6 Å². The molecule has 0 N–H and O–H groups in total. The summed E-state index contributed by atoms with van der Waals surface area (Å²) in [5.74, 6) is 0. The van der Waals surface area contributed by atoms with Gasteiger partial charge in [0.2, 0.25) is 0 Å². The second-order valence-corrected chi connectivity index (χ2v) is 4.85. The molecule has 0 aromatic heterocycles. The first-order valence-electron chi connectivity index (χ1n) is 5.24. The first kappa shape index (κ1) is 13.5. The zero-order valence-corrected chi connectivity index (χ0v) is 10.7. The predicted octanol–water partition coefficient (Wildman–Crippen LogP) is 4.09. The molecule has 1 saturated carbocycles. The topological polar surface area (TPSA) is 9.23 Å². The largest absolute Gasteiger partial charge is 0.389 e. The average Bonchev–Trinajstić information content (AvgIpc) is 2.60. The van der Waals surface area contributed by atoms with Crippen molar-refractivity contribution in [3.05, 3.63) is 0 Å². The minimum absolute atomic E-state index is 0.0852. The molecule has 0 saturated heterocycles. The highest BCUT2D eigenvalue weighted by Crippen LogP contribution is 2.35. The van der Waals surface area contributed by atoms with Crippen LogP contribution >= 0.6 is 22.6 Å². The Labute approximate surface area is 102 Å². The van der Waals surface area contributed by atoms with Crippen molar-refractivity contribution in [2.45, 2.75) is 50.3 Å². The maximum absolute atomic E-state index is 11.9. The molecule has 0 amide bonds. The van der Waals surface area contributed by atoms with Crippen molar-refractivity contribution in [2.75, 3.05) is 11.0 Å². The second kappa shape index (κ2) is 5.70. The van der Waals surface area contributed by atoms with E-state index in [2.05, 4.69) is 22.6 Å². The van der Waals surface area contributed by atoms with E-state index in [9.17, 15) is 13.2 Å². The van der Waals surface area contributed by atoms with Gasteiger partial charge in [-0.2, -0.15) is 13.2 Å². The summed E-state index contributed by atoms with van der Waals surface area (Å²) < 4.78 is 42.1. The van der Waals surface area contributed by atoms with Crippen molar-refractivity contribution in [3.63, 3.8) is 0 Å². The average molecular weight is 336 g/mol. The van der Waals surface area contributed by atoms with Crippen LogP contribution in [0.2, 0.25) is 0 Å². The van der Waals surface area contributed by atoms with Crippen molar-refractivity contribution in [2.24, 2.45) is 0 Å². The van der Waals surface area contributed by atoms with Crippen LogP contribution in [0.25, 0.3) is 0 Å². The first-order chi connectivity index (χ1) is 6.97. The number of alkyl halides is 4. The van der Waals surface area contributed by atoms with E-state index in [1.807, 2.05) is 0 Å². The van der Waals surface area contributed by atoms with Gasteiger partial charge < -0.3 is 4.74 Å². The third kappa shape index (κ3) is 4.89. The molecule has 0 spiro atoms. The number of hydrogen-bond acceptors (Lipinski definition) is 1. The Kier molecular flexibility index (Phi) is 5.15. The lowest BCUT2D eigenvalue weighted by atomic mass is 10.1. The van der Waals surface area contributed by atoms with Gasteiger partial charge in [-0.3, -0.25) is 0 Å². The monoisotopic (exact) mass is 336 g/mol. The van der Waals surface area contributed by atoms with E-state index in [0.29, 0.717) is 0 Å². The molecule has 0 aromatic rings. The Morgan fingerprint density at radius 1 is 1.20 bits per heavy atom. The fourth-order valence-corrected chi connectivity index (χ4v) is 2.88. The molecule has 0 unspecified atom stereocenters. The number of rotatable bonds is 5. The van der Waals surface area contributed by atoms with Gasteiger partial charge in [0.1, 0.15) is 0 Å². The number of ether oxygens (including phenoxy) is 1. The summed E-state index contributed by atoms with van der Waals surface area (Å²) in [6.45, 7) is 0.239. The Hall–Kier alpha value is 0.480. The Morgan fingerprint density at radius 2 is 1.80 bits per heavy atom. The normalized spacial score (nSPS) is 20.8. The van der Waals surface area contributed by atoms with Crippen LogP contribution in [-0.2, 0) is 4.74 Å². The Bertz CT molecular complexity index is 188. The van der Waals surface area contributed by atoms with Crippen LogP contribution in [0.5, 0.6) is 0 Å². The van der Waals surface area contributed by atoms with Crippen molar-refractivity contribution in [1.82, 2.24) is 0 Å². The van der Waals surface area contributed by atoms with Gasteiger partial charge in [0.15, 0.2) is 0 Å². The van der Waals surface area contributed by atoms with Crippen molar-refractivity contribution in [1.29, 1.82) is 0 Å². The predicted molar refractivity (Wildman–Crippen MR) is 61.3 cm³/mol. The maximum Gasteiger partial charge on any atom is 0.389 e. The molecule has 1 aliphatic rings. The van der Waals surface area contributed by atoms with Gasteiger partial charge in [-0.25, -0.2) is 0 Å². The standard InChI is InChI=1S/C10H16F3IO/c11-10(12,13)6-3-7-15-9(8-14)4-1-2-5-9/h1-8H2. The van der Waals surface area contributed by atoms with Gasteiger partial charge in [0.05, 0.1) is 5.60 Å². The third-order valence-electron chi connectivity index (χ3n) is 2.77. The highest BCUT2D eigenvalue weighted by molar-refractivity contribution is 14.1. The maximum atomic E-state index is 11.9. The first-order valence-corrected chi connectivity index (χ1v) is 6.77.